The van der Waals surface area contributed by atoms with Gasteiger partial charge in [-0.1, -0.05) is 48.5 Å². The molecule has 4 aromatic rings. The largest absolute Gasteiger partial charge is 0.455 e. The molecule has 0 saturated carbocycles. The first-order valence-electron chi connectivity index (χ1n) is 7.68. The summed E-state index contributed by atoms with van der Waals surface area (Å²) >= 11 is 1.68. The third-order valence-corrected chi connectivity index (χ3v) is 4.87. The minimum atomic E-state index is -0.223. The molecule has 0 bridgehead atoms. The molecule has 0 fully saturated rings. The van der Waals surface area contributed by atoms with Crippen LogP contribution >= 0.6 is 11.8 Å². The van der Waals surface area contributed by atoms with Gasteiger partial charge in [0.05, 0.1) is 4.90 Å². The van der Waals surface area contributed by atoms with E-state index in [9.17, 15) is 4.39 Å². The lowest BCUT2D eigenvalue weighted by Gasteiger charge is -2.02. The Morgan fingerprint density at radius 2 is 1.50 bits per heavy atom. The van der Waals surface area contributed by atoms with E-state index >= 15 is 0 Å². The molecule has 0 unspecified atom stereocenters. The normalized spacial score (nSPS) is 11.1. The molecule has 0 saturated heterocycles. The maximum absolute atomic E-state index is 13.1. The van der Waals surface area contributed by atoms with Gasteiger partial charge in [0, 0.05) is 10.9 Å². The van der Waals surface area contributed by atoms with Crippen molar-refractivity contribution in [3.05, 3.63) is 78.6 Å². The summed E-state index contributed by atoms with van der Waals surface area (Å²) in [5.74, 6) is 0.675. The highest BCUT2D eigenvalue weighted by Gasteiger charge is 2.15. The van der Waals surface area contributed by atoms with Gasteiger partial charge in [-0.3, -0.25) is 0 Å². The van der Waals surface area contributed by atoms with Gasteiger partial charge in [-0.15, -0.1) is 11.8 Å². The lowest BCUT2D eigenvalue weighted by Crippen LogP contribution is -1.79. The van der Waals surface area contributed by atoms with Crippen LogP contribution in [0.3, 0.4) is 0 Å². The van der Waals surface area contributed by atoms with Crippen LogP contribution in [0.5, 0.6) is 0 Å². The number of furan rings is 1. The molecule has 0 aliphatic carbocycles. The van der Waals surface area contributed by atoms with E-state index in [1.165, 1.54) is 12.1 Å². The molecule has 3 aromatic carbocycles. The standard InChI is InChI=1S/C21H15FOS/c1-24-21-18-13-16(14-7-10-17(22)11-8-14)9-12-19(18)23-20(21)15-5-3-2-4-6-15/h2-13H,1H3. The Labute approximate surface area is 144 Å². The summed E-state index contributed by atoms with van der Waals surface area (Å²) in [5.41, 5.74) is 3.98. The number of rotatable bonds is 3. The summed E-state index contributed by atoms with van der Waals surface area (Å²) in [6.07, 6.45) is 2.06. The van der Waals surface area contributed by atoms with Crippen molar-refractivity contribution < 1.29 is 8.81 Å². The van der Waals surface area contributed by atoms with Crippen molar-refractivity contribution in [2.45, 2.75) is 4.90 Å². The maximum atomic E-state index is 13.1. The average molecular weight is 334 g/mol. The van der Waals surface area contributed by atoms with Gasteiger partial charge < -0.3 is 4.42 Å². The first kappa shape index (κ1) is 15.0. The van der Waals surface area contributed by atoms with Gasteiger partial charge in [0.15, 0.2) is 0 Å². The molecule has 0 aliphatic heterocycles. The van der Waals surface area contributed by atoms with E-state index < -0.39 is 0 Å². The quantitative estimate of drug-likeness (QED) is 0.390. The first-order chi connectivity index (χ1) is 11.8. The second-order valence-corrected chi connectivity index (χ2v) is 6.36. The van der Waals surface area contributed by atoms with Crippen LogP contribution in [0, 0.1) is 5.82 Å². The fraction of sp³-hybridized carbons (Fsp3) is 0.0476. The maximum Gasteiger partial charge on any atom is 0.148 e. The fourth-order valence-electron chi connectivity index (χ4n) is 2.88. The van der Waals surface area contributed by atoms with Gasteiger partial charge in [-0.2, -0.15) is 0 Å². The summed E-state index contributed by atoms with van der Waals surface area (Å²) in [5, 5.41) is 1.09. The molecule has 24 heavy (non-hydrogen) atoms. The SMILES string of the molecule is CSc1c(-c2ccccc2)oc2ccc(-c3ccc(F)cc3)cc12. The first-order valence-corrected chi connectivity index (χ1v) is 8.90. The van der Waals surface area contributed by atoms with E-state index in [0.717, 1.165) is 38.3 Å². The molecule has 3 heteroatoms. The molecule has 1 heterocycles. The van der Waals surface area contributed by atoms with Crippen LogP contribution in [0.2, 0.25) is 0 Å². The van der Waals surface area contributed by atoms with Gasteiger partial charge in [0.2, 0.25) is 0 Å². The smallest absolute Gasteiger partial charge is 0.148 e. The Kier molecular flexibility index (Phi) is 3.87. The van der Waals surface area contributed by atoms with Crippen LogP contribution in [0.4, 0.5) is 4.39 Å². The molecule has 1 nitrogen and oxygen atoms in total. The van der Waals surface area contributed by atoms with Gasteiger partial charge in [0.1, 0.15) is 17.2 Å². The Bertz CT molecular complexity index is 988. The highest BCUT2D eigenvalue weighted by molar-refractivity contribution is 7.99. The number of hydrogen-bond acceptors (Lipinski definition) is 2. The van der Waals surface area contributed by atoms with Crippen molar-refractivity contribution in [3.63, 3.8) is 0 Å². The summed E-state index contributed by atoms with van der Waals surface area (Å²) in [6.45, 7) is 0. The Balaban J connectivity index is 1.89. The zero-order valence-corrected chi connectivity index (χ0v) is 13.9. The monoisotopic (exact) mass is 334 g/mol. The topological polar surface area (TPSA) is 13.1 Å². The Morgan fingerprint density at radius 1 is 0.792 bits per heavy atom. The van der Waals surface area contributed by atoms with Crippen molar-refractivity contribution in [1.82, 2.24) is 0 Å². The van der Waals surface area contributed by atoms with Crippen LogP contribution in [0.25, 0.3) is 33.4 Å². The lowest BCUT2D eigenvalue weighted by molar-refractivity contribution is 0.625. The van der Waals surface area contributed by atoms with Gasteiger partial charge in [-0.05, 0) is 41.6 Å². The lowest BCUT2D eigenvalue weighted by atomic mass is 10.0. The van der Waals surface area contributed by atoms with Crippen LogP contribution in [-0.4, -0.2) is 6.26 Å². The molecule has 0 aliphatic rings. The molecular weight excluding hydrogens is 319 g/mol. The van der Waals surface area contributed by atoms with Crippen molar-refractivity contribution in [1.29, 1.82) is 0 Å². The summed E-state index contributed by atoms with van der Waals surface area (Å²) < 4.78 is 19.3. The second-order valence-electron chi connectivity index (χ2n) is 5.55. The minimum Gasteiger partial charge on any atom is -0.455 e. The van der Waals surface area contributed by atoms with E-state index in [-0.39, 0.29) is 5.82 Å². The van der Waals surface area contributed by atoms with Crippen LogP contribution in [0.1, 0.15) is 0 Å². The number of fused-ring (bicyclic) bond motifs is 1. The van der Waals surface area contributed by atoms with E-state index in [2.05, 4.69) is 24.5 Å². The van der Waals surface area contributed by atoms with Crippen molar-refractivity contribution in [3.8, 4) is 22.5 Å². The predicted molar refractivity (Wildman–Crippen MR) is 98.8 cm³/mol. The minimum absolute atomic E-state index is 0.223. The van der Waals surface area contributed by atoms with Gasteiger partial charge >= 0.3 is 0 Å². The Hall–Kier alpha value is -2.52. The third-order valence-electron chi connectivity index (χ3n) is 4.06. The number of thioether (sulfide) groups is 1. The van der Waals surface area contributed by atoms with Crippen LogP contribution < -0.4 is 0 Å². The highest BCUT2D eigenvalue weighted by Crippen LogP contribution is 2.40. The second kappa shape index (κ2) is 6.17. The van der Waals surface area contributed by atoms with Gasteiger partial charge in [0.25, 0.3) is 0 Å². The summed E-state index contributed by atoms with van der Waals surface area (Å²) in [6, 6.07) is 22.8. The fourth-order valence-corrected chi connectivity index (χ4v) is 3.60. The molecule has 0 N–H and O–H groups in total. The van der Waals surface area contributed by atoms with Crippen molar-refractivity contribution >= 4 is 22.7 Å². The molecule has 1 aromatic heterocycles. The van der Waals surface area contributed by atoms with E-state index in [4.69, 9.17) is 4.42 Å². The average Bonchev–Trinajstić information content (AvgIpc) is 3.01. The number of hydrogen-bond donors (Lipinski definition) is 0. The molecular formula is C21H15FOS. The summed E-state index contributed by atoms with van der Waals surface area (Å²) in [7, 11) is 0. The summed E-state index contributed by atoms with van der Waals surface area (Å²) in [4.78, 5) is 1.13. The number of halogens is 1. The molecule has 4 rings (SSSR count). The van der Waals surface area contributed by atoms with E-state index in [1.54, 1.807) is 23.9 Å². The molecule has 0 spiro atoms. The molecule has 118 valence electrons. The molecule has 0 amide bonds. The van der Waals surface area contributed by atoms with E-state index in [0.29, 0.717) is 0 Å². The predicted octanol–water partition coefficient (Wildman–Crippen LogP) is 6.63. The van der Waals surface area contributed by atoms with Gasteiger partial charge in [-0.25, -0.2) is 4.39 Å². The highest BCUT2D eigenvalue weighted by atomic mass is 32.2. The van der Waals surface area contributed by atoms with Crippen molar-refractivity contribution in [2.75, 3.05) is 6.26 Å². The van der Waals surface area contributed by atoms with Crippen LogP contribution in [0.15, 0.2) is 82.1 Å². The van der Waals surface area contributed by atoms with Crippen LogP contribution in [-0.2, 0) is 0 Å². The van der Waals surface area contributed by atoms with Crippen molar-refractivity contribution in [2.24, 2.45) is 0 Å². The third kappa shape index (κ3) is 2.61. The Morgan fingerprint density at radius 3 is 2.21 bits per heavy atom. The van der Waals surface area contributed by atoms with E-state index in [1.807, 2.05) is 30.3 Å². The molecule has 0 radical (unpaired) electrons. The zero-order chi connectivity index (χ0) is 16.5. The number of benzene rings is 3. The molecule has 0 atom stereocenters. The zero-order valence-electron chi connectivity index (χ0n) is 13.1.